The Labute approximate surface area is 124 Å². The van der Waals surface area contributed by atoms with Crippen LogP contribution in [0.1, 0.15) is 68.1 Å². The normalized spacial score (nSPS) is 12.2. The Morgan fingerprint density at radius 1 is 1.38 bits per heavy atom. The highest BCUT2D eigenvalue weighted by atomic mass is 16.3. The second kappa shape index (κ2) is 6.57. The number of ketones is 1. The van der Waals surface area contributed by atoms with Gasteiger partial charge in [0.1, 0.15) is 11.6 Å². The molecule has 1 unspecified atom stereocenters. The first kappa shape index (κ1) is 17.0. The van der Waals surface area contributed by atoms with Crippen LogP contribution >= 0.6 is 0 Å². The molecule has 0 fully saturated rings. The van der Waals surface area contributed by atoms with Crippen LogP contribution in [0, 0.1) is 24.2 Å². The average Bonchev–Trinajstić information content (AvgIpc) is 2.37. The van der Waals surface area contributed by atoms with Crippen LogP contribution < -0.4 is 5.56 Å². The molecule has 0 bridgehead atoms. The van der Waals surface area contributed by atoms with Gasteiger partial charge in [0.25, 0.3) is 5.56 Å². The molecule has 114 valence electrons. The van der Waals surface area contributed by atoms with E-state index in [2.05, 4.69) is 0 Å². The summed E-state index contributed by atoms with van der Waals surface area (Å²) in [5.74, 6) is -0.434. The largest absolute Gasteiger partial charge is 0.494 e. The number of pyridine rings is 1. The second-order valence-corrected chi connectivity index (χ2v) is 5.76. The lowest BCUT2D eigenvalue weighted by Crippen LogP contribution is -2.28. The molecule has 1 aromatic rings. The molecule has 1 heterocycles. The first-order valence-electron chi connectivity index (χ1n) is 7.17. The highest BCUT2D eigenvalue weighted by molar-refractivity contribution is 6.00. The molecule has 0 saturated carbocycles. The van der Waals surface area contributed by atoms with Crippen molar-refractivity contribution in [2.75, 3.05) is 0 Å². The molecule has 1 N–H and O–H groups in total. The molecule has 0 aromatic carbocycles. The van der Waals surface area contributed by atoms with E-state index in [1.54, 1.807) is 6.92 Å². The third-order valence-electron chi connectivity index (χ3n) is 3.65. The summed E-state index contributed by atoms with van der Waals surface area (Å²) in [4.78, 5) is 24.7. The van der Waals surface area contributed by atoms with Gasteiger partial charge in [0, 0.05) is 12.5 Å². The molecule has 1 rings (SSSR count). The number of rotatable bonds is 5. The smallest absolute Gasteiger partial charge is 0.271 e. The number of hydrogen-bond acceptors (Lipinski definition) is 4. The zero-order valence-corrected chi connectivity index (χ0v) is 13.2. The minimum Gasteiger partial charge on any atom is -0.494 e. The van der Waals surface area contributed by atoms with E-state index in [1.165, 1.54) is 6.92 Å². The standard InChI is InChI=1S/C16H22N2O3/c1-6-10(4)18-15(20)12(8-17)11(5)14(16(18)21)13(19)7-9(2)3/h9-10,21H,6-7H2,1-5H3. The maximum absolute atomic E-state index is 12.4. The van der Waals surface area contributed by atoms with Gasteiger partial charge in [-0.1, -0.05) is 20.8 Å². The summed E-state index contributed by atoms with van der Waals surface area (Å²) >= 11 is 0. The van der Waals surface area contributed by atoms with E-state index < -0.39 is 5.56 Å². The van der Waals surface area contributed by atoms with Gasteiger partial charge in [-0.15, -0.1) is 0 Å². The number of nitrogens with zero attached hydrogens (tertiary/aromatic N) is 2. The predicted molar refractivity (Wildman–Crippen MR) is 80.6 cm³/mol. The van der Waals surface area contributed by atoms with E-state index in [0.29, 0.717) is 6.42 Å². The lowest BCUT2D eigenvalue weighted by Gasteiger charge is -2.20. The van der Waals surface area contributed by atoms with Gasteiger partial charge in [-0.3, -0.25) is 14.2 Å². The third kappa shape index (κ3) is 3.15. The van der Waals surface area contributed by atoms with Crippen molar-refractivity contribution in [3.8, 4) is 11.9 Å². The summed E-state index contributed by atoms with van der Waals surface area (Å²) in [7, 11) is 0. The Kier molecular flexibility index (Phi) is 5.31. The number of aromatic hydroxyl groups is 1. The molecule has 0 amide bonds. The van der Waals surface area contributed by atoms with Gasteiger partial charge in [-0.25, -0.2) is 0 Å². The van der Waals surface area contributed by atoms with Crippen molar-refractivity contribution >= 4 is 5.78 Å². The summed E-state index contributed by atoms with van der Waals surface area (Å²) < 4.78 is 1.15. The number of Topliss-reactive ketones (excluding diaryl/α,β-unsaturated/α-hetero) is 1. The number of aromatic nitrogens is 1. The quantitative estimate of drug-likeness (QED) is 0.845. The fourth-order valence-corrected chi connectivity index (χ4v) is 2.32. The topological polar surface area (TPSA) is 83.1 Å². The molecule has 0 aliphatic carbocycles. The van der Waals surface area contributed by atoms with Crippen molar-refractivity contribution in [1.29, 1.82) is 5.26 Å². The van der Waals surface area contributed by atoms with E-state index in [0.717, 1.165) is 4.57 Å². The maximum atomic E-state index is 12.4. The number of carbonyl (C=O) groups excluding carboxylic acids is 1. The molecule has 0 aliphatic heterocycles. The first-order chi connectivity index (χ1) is 9.76. The summed E-state index contributed by atoms with van der Waals surface area (Å²) in [6.07, 6.45) is 0.872. The Morgan fingerprint density at radius 3 is 2.38 bits per heavy atom. The van der Waals surface area contributed by atoms with Gasteiger partial charge in [0.2, 0.25) is 5.88 Å². The third-order valence-corrected chi connectivity index (χ3v) is 3.65. The molecule has 1 atom stereocenters. The summed E-state index contributed by atoms with van der Waals surface area (Å²) in [5, 5.41) is 19.6. The van der Waals surface area contributed by atoms with Crippen LogP contribution in [-0.2, 0) is 0 Å². The molecule has 0 aliphatic rings. The fourth-order valence-electron chi connectivity index (χ4n) is 2.32. The number of hydrogen-bond donors (Lipinski definition) is 1. The van der Waals surface area contributed by atoms with Gasteiger partial charge >= 0.3 is 0 Å². The van der Waals surface area contributed by atoms with Crippen LogP contribution in [-0.4, -0.2) is 15.5 Å². The van der Waals surface area contributed by atoms with Gasteiger partial charge in [-0.2, -0.15) is 5.26 Å². The van der Waals surface area contributed by atoms with Crippen molar-refractivity contribution in [2.24, 2.45) is 5.92 Å². The van der Waals surface area contributed by atoms with Crippen LogP contribution in [0.15, 0.2) is 4.79 Å². The fraction of sp³-hybridized carbons (Fsp3) is 0.562. The lowest BCUT2D eigenvalue weighted by molar-refractivity contribution is 0.0962. The number of nitriles is 1. The van der Waals surface area contributed by atoms with Crippen LogP contribution in [0.5, 0.6) is 5.88 Å². The van der Waals surface area contributed by atoms with Gasteiger partial charge in [0.05, 0.1) is 5.56 Å². The summed E-state index contributed by atoms with van der Waals surface area (Å²) in [6.45, 7) is 8.99. The van der Waals surface area contributed by atoms with Crippen LogP contribution in [0.2, 0.25) is 0 Å². The van der Waals surface area contributed by atoms with Crippen LogP contribution in [0.25, 0.3) is 0 Å². The molecule has 0 saturated heterocycles. The van der Waals surface area contributed by atoms with Crippen molar-refractivity contribution in [2.45, 2.75) is 53.5 Å². The molecule has 0 spiro atoms. The monoisotopic (exact) mass is 290 g/mol. The van der Waals surface area contributed by atoms with E-state index in [4.69, 9.17) is 0 Å². The van der Waals surface area contributed by atoms with Crippen molar-refractivity contribution in [3.63, 3.8) is 0 Å². The average molecular weight is 290 g/mol. The van der Waals surface area contributed by atoms with E-state index >= 15 is 0 Å². The number of carbonyl (C=O) groups is 1. The highest BCUT2D eigenvalue weighted by Crippen LogP contribution is 2.27. The minimum absolute atomic E-state index is 0.0693. The predicted octanol–water partition coefficient (Wildman–Crippen LogP) is 2.93. The zero-order chi connectivity index (χ0) is 16.3. The molecule has 0 radical (unpaired) electrons. The Hall–Kier alpha value is -2.09. The van der Waals surface area contributed by atoms with Crippen molar-refractivity contribution < 1.29 is 9.90 Å². The summed E-state index contributed by atoms with van der Waals surface area (Å²) in [5.41, 5.74) is -0.242. The van der Waals surface area contributed by atoms with Crippen LogP contribution in [0.4, 0.5) is 0 Å². The Morgan fingerprint density at radius 2 is 1.95 bits per heavy atom. The minimum atomic E-state index is -0.539. The van der Waals surface area contributed by atoms with Crippen molar-refractivity contribution in [1.82, 2.24) is 4.57 Å². The van der Waals surface area contributed by atoms with E-state index in [1.807, 2.05) is 26.8 Å². The first-order valence-corrected chi connectivity index (χ1v) is 7.17. The second-order valence-electron chi connectivity index (χ2n) is 5.76. The Balaban J connectivity index is 3.70. The van der Waals surface area contributed by atoms with E-state index in [9.17, 15) is 20.0 Å². The maximum Gasteiger partial charge on any atom is 0.271 e. The van der Waals surface area contributed by atoms with Gasteiger partial charge < -0.3 is 5.11 Å². The molecule has 5 heteroatoms. The summed E-state index contributed by atoms with van der Waals surface area (Å²) in [6, 6.07) is 1.58. The molecular formula is C16H22N2O3. The molecule has 21 heavy (non-hydrogen) atoms. The van der Waals surface area contributed by atoms with Crippen molar-refractivity contribution in [3.05, 3.63) is 27.0 Å². The highest BCUT2D eigenvalue weighted by Gasteiger charge is 2.25. The van der Waals surface area contributed by atoms with Crippen LogP contribution in [0.3, 0.4) is 0 Å². The van der Waals surface area contributed by atoms with Gasteiger partial charge in [-0.05, 0) is 31.7 Å². The Bertz CT molecular complexity index is 651. The SMILES string of the molecule is CCC(C)n1c(O)c(C(=O)CC(C)C)c(C)c(C#N)c1=O. The zero-order valence-electron chi connectivity index (χ0n) is 13.2. The van der Waals surface area contributed by atoms with Gasteiger partial charge in [0.15, 0.2) is 5.78 Å². The molecule has 5 nitrogen and oxygen atoms in total. The molecule has 1 aromatic heterocycles. The lowest BCUT2D eigenvalue weighted by atomic mass is 9.96. The molecular weight excluding hydrogens is 268 g/mol. The van der Waals surface area contributed by atoms with E-state index in [-0.39, 0.29) is 46.7 Å².